The maximum atomic E-state index is 12.6. The third-order valence-corrected chi connectivity index (χ3v) is 5.72. The van der Waals surface area contributed by atoms with Gasteiger partial charge in [0.05, 0.1) is 11.8 Å². The largest absolute Gasteiger partial charge is 0.325 e. The minimum Gasteiger partial charge on any atom is -0.325 e. The van der Waals surface area contributed by atoms with Crippen LogP contribution in [0.5, 0.6) is 0 Å². The van der Waals surface area contributed by atoms with Crippen LogP contribution in [0.1, 0.15) is 31.7 Å². The number of allylic oxidation sites excluding steroid dienone is 2. The van der Waals surface area contributed by atoms with Crippen LogP contribution < -0.4 is 5.32 Å². The summed E-state index contributed by atoms with van der Waals surface area (Å²) in [6.07, 6.45) is 5.00. The molecule has 1 N–H and O–H groups in total. The third kappa shape index (κ3) is 2.58. The van der Waals surface area contributed by atoms with Gasteiger partial charge in [-0.1, -0.05) is 38.1 Å². The number of anilines is 1. The van der Waals surface area contributed by atoms with E-state index in [-0.39, 0.29) is 47.9 Å². The van der Waals surface area contributed by atoms with Crippen LogP contribution in [-0.2, 0) is 14.4 Å². The molecule has 0 radical (unpaired) electrons. The molecule has 2 bridgehead atoms. The van der Waals surface area contributed by atoms with Gasteiger partial charge < -0.3 is 5.32 Å². The fourth-order valence-corrected chi connectivity index (χ4v) is 4.42. The average Bonchev–Trinajstić information content (AvgIpc) is 3.25. The number of amides is 3. The molecule has 2 fully saturated rings. The molecule has 1 aromatic rings. The van der Waals surface area contributed by atoms with Crippen LogP contribution in [0.3, 0.4) is 0 Å². The molecular formula is C20H22N2O3. The van der Waals surface area contributed by atoms with Crippen molar-refractivity contribution in [2.75, 3.05) is 11.9 Å². The van der Waals surface area contributed by atoms with Gasteiger partial charge in [-0.2, -0.15) is 0 Å². The summed E-state index contributed by atoms with van der Waals surface area (Å²) in [6.45, 7) is 4.02. The van der Waals surface area contributed by atoms with Crippen molar-refractivity contribution in [1.82, 2.24) is 4.90 Å². The van der Waals surface area contributed by atoms with Crippen LogP contribution in [-0.4, -0.2) is 29.2 Å². The van der Waals surface area contributed by atoms with Crippen molar-refractivity contribution in [2.24, 2.45) is 23.7 Å². The fraction of sp³-hybridized carbons (Fsp3) is 0.450. The summed E-state index contributed by atoms with van der Waals surface area (Å²) in [7, 11) is 0. The number of nitrogens with zero attached hydrogens (tertiary/aromatic N) is 1. The zero-order valence-electron chi connectivity index (χ0n) is 14.4. The number of fused-ring (bicyclic) bond motifs is 5. The third-order valence-electron chi connectivity index (χ3n) is 5.72. The second kappa shape index (κ2) is 5.83. The number of rotatable bonds is 4. The molecule has 5 heteroatoms. The lowest BCUT2D eigenvalue weighted by Gasteiger charge is -2.17. The number of nitrogens with one attached hydrogen (secondary N) is 1. The molecule has 2 aliphatic carbocycles. The first-order valence-corrected chi connectivity index (χ1v) is 8.89. The first-order valence-electron chi connectivity index (χ1n) is 8.89. The van der Waals surface area contributed by atoms with Crippen molar-refractivity contribution in [3.8, 4) is 0 Å². The van der Waals surface area contributed by atoms with Gasteiger partial charge in [0.1, 0.15) is 6.54 Å². The van der Waals surface area contributed by atoms with Crippen LogP contribution in [0.4, 0.5) is 5.69 Å². The van der Waals surface area contributed by atoms with E-state index in [1.165, 1.54) is 5.56 Å². The molecule has 1 saturated heterocycles. The van der Waals surface area contributed by atoms with Crippen LogP contribution in [0.15, 0.2) is 36.4 Å². The Morgan fingerprint density at radius 2 is 1.64 bits per heavy atom. The second-order valence-corrected chi connectivity index (χ2v) is 7.59. The number of carbonyl (C=O) groups is 3. The zero-order chi connectivity index (χ0) is 17.7. The highest BCUT2D eigenvalue weighted by atomic mass is 16.2. The summed E-state index contributed by atoms with van der Waals surface area (Å²) in [5.41, 5.74) is 1.87. The van der Waals surface area contributed by atoms with E-state index in [0.717, 1.165) is 11.3 Å². The summed E-state index contributed by atoms with van der Waals surface area (Å²) in [4.78, 5) is 38.6. The summed E-state index contributed by atoms with van der Waals surface area (Å²) in [5, 5.41) is 2.78. The van der Waals surface area contributed by atoms with Gasteiger partial charge in [0.2, 0.25) is 17.7 Å². The van der Waals surface area contributed by atoms with E-state index < -0.39 is 0 Å². The Bertz CT molecular complexity index is 736. The second-order valence-electron chi connectivity index (χ2n) is 7.59. The quantitative estimate of drug-likeness (QED) is 0.678. The minimum atomic E-state index is -0.334. The first-order chi connectivity index (χ1) is 12.0. The van der Waals surface area contributed by atoms with Gasteiger partial charge in [0.25, 0.3) is 0 Å². The topological polar surface area (TPSA) is 66.5 Å². The molecule has 25 heavy (non-hydrogen) atoms. The molecule has 5 nitrogen and oxygen atoms in total. The van der Waals surface area contributed by atoms with Gasteiger partial charge >= 0.3 is 0 Å². The van der Waals surface area contributed by atoms with Gasteiger partial charge in [0, 0.05) is 5.69 Å². The van der Waals surface area contributed by atoms with Gasteiger partial charge in [-0.25, -0.2) is 0 Å². The summed E-state index contributed by atoms with van der Waals surface area (Å²) in [6, 6.07) is 7.64. The van der Waals surface area contributed by atoms with Crippen molar-refractivity contribution in [3.63, 3.8) is 0 Å². The summed E-state index contributed by atoms with van der Waals surface area (Å²) < 4.78 is 0. The van der Waals surface area contributed by atoms with Gasteiger partial charge in [-0.15, -0.1) is 0 Å². The SMILES string of the molecule is CC(C)c1ccc(NC(=O)CN2C(=O)[C@@H]3[C@H](C2=O)[C@H]2C=C[C@H]3C2)cc1. The van der Waals surface area contributed by atoms with Crippen molar-refractivity contribution in [2.45, 2.75) is 26.2 Å². The van der Waals surface area contributed by atoms with Gasteiger partial charge in [-0.3, -0.25) is 19.3 Å². The molecule has 1 heterocycles. The maximum Gasteiger partial charge on any atom is 0.244 e. The highest BCUT2D eigenvalue weighted by molar-refractivity contribution is 6.09. The summed E-state index contributed by atoms with van der Waals surface area (Å²) >= 11 is 0. The Morgan fingerprint density at radius 3 is 2.16 bits per heavy atom. The smallest absolute Gasteiger partial charge is 0.244 e. The predicted molar refractivity (Wildman–Crippen MR) is 93.6 cm³/mol. The Kier molecular flexibility index (Phi) is 3.74. The van der Waals surface area contributed by atoms with E-state index >= 15 is 0 Å². The lowest BCUT2D eigenvalue weighted by atomic mass is 9.85. The van der Waals surface area contributed by atoms with Crippen LogP contribution in [0, 0.1) is 23.7 Å². The Balaban J connectivity index is 1.41. The molecule has 3 aliphatic rings. The molecule has 1 saturated carbocycles. The van der Waals surface area contributed by atoms with Gasteiger partial charge in [0.15, 0.2) is 0 Å². The fourth-order valence-electron chi connectivity index (χ4n) is 4.42. The zero-order valence-corrected chi connectivity index (χ0v) is 14.4. The average molecular weight is 338 g/mol. The predicted octanol–water partition coefficient (Wildman–Crippen LogP) is 2.56. The van der Waals surface area contributed by atoms with E-state index in [2.05, 4.69) is 31.3 Å². The monoisotopic (exact) mass is 338 g/mol. The molecule has 3 amide bonds. The first kappa shape index (κ1) is 16.1. The summed E-state index contributed by atoms with van der Waals surface area (Å²) in [5.74, 6) is -0.436. The molecular weight excluding hydrogens is 316 g/mol. The Labute approximate surface area is 147 Å². The number of hydrogen-bond acceptors (Lipinski definition) is 3. The molecule has 1 aromatic carbocycles. The van der Waals surface area contributed by atoms with E-state index in [4.69, 9.17) is 0 Å². The number of likely N-dealkylation sites (tertiary alicyclic amines) is 1. The van der Waals surface area contributed by atoms with Crippen molar-refractivity contribution in [3.05, 3.63) is 42.0 Å². The number of hydrogen-bond donors (Lipinski definition) is 1. The molecule has 1 aliphatic heterocycles. The highest BCUT2D eigenvalue weighted by Crippen LogP contribution is 2.52. The van der Waals surface area contributed by atoms with E-state index in [9.17, 15) is 14.4 Å². The van der Waals surface area contributed by atoms with Crippen LogP contribution in [0.25, 0.3) is 0 Å². The molecule has 130 valence electrons. The molecule has 0 aromatic heterocycles. The van der Waals surface area contributed by atoms with E-state index in [1.54, 1.807) is 0 Å². The lowest BCUT2D eigenvalue weighted by Crippen LogP contribution is -2.39. The number of benzene rings is 1. The number of carbonyl (C=O) groups excluding carboxylic acids is 3. The number of imide groups is 1. The minimum absolute atomic E-state index is 0.170. The Morgan fingerprint density at radius 1 is 1.08 bits per heavy atom. The molecule has 4 rings (SSSR count). The van der Waals surface area contributed by atoms with E-state index in [0.29, 0.717) is 11.6 Å². The van der Waals surface area contributed by atoms with Crippen molar-refractivity contribution >= 4 is 23.4 Å². The van der Waals surface area contributed by atoms with Crippen molar-refractivity contribution < 1.29 is 14.4 Å². The Hall–Kier alpha value is -2.43. The highest BCUT2D eigenvalue weighted by Gasteiger charge is 2.59. The maximum absolute atomic E-state index is 12.6. The molecule has 0 spiro atoms. The van der Waals surface area contributed by atoms with E-state index in [1.807, 2.05) is 24.3 Å². The van der Waals surface area contributed by atoms with Crippen LogP contribution in [0.2, 0.25) is 0 Å². The normalized spacial score (nSPS) is 29.6. The van der Waals surface area contributed by atoms with Crippen molar-refractivity contribution in [1.29, 1.82) is 0 Å². The lowest BCUT2D eigenvalue weighted by molar-refractivity contribution is -0.143. The van der Waals surface area contributed by atoms with Gasteiger partial charge in [-0.05, 0) is 41.9 Å². The standard InChI is InChI=1S/C20H22N2O3/c1-11(2)12-5-7-15(8-6-12)21-16(23)10-22-19(24)17-13-3-4-14(9-13)18(17)20(22)25/h3-8,11,13-14,17-18H,9-10H2,1-2H3,(H,21,23)/t13-,14-,17-,18+/m0/s1. The molecule has 0 unspecified atom stereocenters. The molecule has 4 atom stereocenters. The van der Waals surface area contributed by atoms with Crippen LogP contribution >= 0.6 is 0 Å².